The summed E-state index contributed by atoms with van der Waals surface area (Å²) >= 11 is 0. The van der Waals surface area contributed by atoms with Gasteiger partial charge in [0.2, 0.25) is 0 Å². The predicted octanol–water partition coefficient (Wildman–Crippen LogP) is 2.50. The molecule has 1 aliphatic heterocycles. The number of carbonyl (C=O) groups is 1. The van der Waals surface area contributed by atoms with Crippen LogP contribution in [0.15, 0.2) is 54.7 Å². The van der Waals surface area contributed by atoms with Crippen molar-refractivity contribution in [1.82, 2.24) is 14.9 Å². The Labute approximate surface area is 155 Å². The van der Waals surface area contributed by atoms with Crippen LogP contribution in [0.4, 0.5) is 11.5 Å². The number of nitro benzene ring substituents is 1. The number of rotatable bonds is 3. The first-order chi connectivity index (χ1) is 13.1. The van der Waals surface area contributed by atoms with Crippen molar-refractivity contribution in [2.45, 2.75) is 0 Å². The van der Waals surface area contributed by atoms with E-state index in [-0.39, 0.29) is 17.2 Å². The molecule has 0 saturated carbocycles. The van der Waals surface area contributed by atoms with Crippen LogP contribution in [0.5, 0.6) is 0 Å². The fraction of sp³-hybridized carbons (Fsp3) is 0.211. The van der Waals surface area contributed by atoms with Crippen LogP contribution in [0.25, 0.3) is 11.0 Å². The van der Waals surface area contributed by atoms with Crippen LogP contribution >= 0.6 is 0 Å². The molecule has 3 aromatic rings. The van der Waals surface area contributed by atoms with Gasteiger partial charge >= 0.3 is 0 Å². The van der Waals surface area contributed by atoms with Gasteiger partial charge in [0.05, 0.1) is 22.2 Å². The van der Waals surface area contributed by atoms with E-state index in [0.717, 1.165) is 16.9 Å². The lowest BCUT2D eigenvalue weighted by Crippen LogP contribution is -2.49. The van der Waals surface area contributed by atoms with Crippen LogP contribution in [-0.2, 0) is 0 Å². The normalized spacial score (nSPS) is 14.4. The number of nitro groups is 1. The molecule has 0 radical (unpaired) electrons. The SMILES string of the molecule is O=C(c1ccccc1[N+](=O)[O-])N1CCN(c2cnc3ccccc3n2)CC1. The lowest BCUT2D eigenvalue weighted by molar-refractivity contribution is -0.385. The monoisotopic (exact) mass is 363 g/mol. The summed E-state index contributed by atoms with van der Waals surface area (Å²) in [5.41, 5.74) is 1.63. The first-order valence-corrected chi connectivity index (χ1v) is 8.63. The van der Waals surface area contributed by atoms with Crippen LogP contribution in [0, 0.1) is 10.1 Å². The van der Waals surface area contributed by atoms with Crippen LogP contribution in [0.2, 0.25) is 0 Å². The number of fused-ring (bicyclic) bond motifs is 1. The Balaban J connectivity index is 1.48. The van der Waals surface area contributed by atoms with Crippen LogP contribution in [0.1, 0.15) is 10.4 Å². The van der Waals surface area contributed by atoms with Crippen molar-refractivity contribution in [3.05, 3.63) is 70.4 Å². The summed E-state index contributed by atoms with van der Waals surface area (Å²) in [6, 6.07) is 13.7. The largest absolute Gasteiger partial charge is 0.352 e. The van der Waals surface area contributed by atoms with E-state index in [9.17, 15) is 14.9 Å². The Bertz CT molecular complexity index is 1010. The van der Waals surface area contributed by atoms with Crippen molar-refractivity contribution in [3.8, 4) is 0 Å². The third-order valence-electron chi connectivity index (χ3n) is 4.66. The van der Waals surface area contributed by atoms with Crippen molar-refractivity contribution in [3.63, 3.8) is 0 Å². The van der Waals surface area contributed by atoms with E-state index in [2.05, 4.69) is 14.9 Å². The highest BCUT2D eigenvalue weighted by Gasteiger charge is 2.27. The summed E-state index contributed by atoms with van der Waals surface area (Å²) in [7, 11) is 0. The fourth-order valence-corrected chi connectivity index (χ4v) is 3.22. The molecule has 2 aromatic carbocycles. The fourth-order valence-electron chi connectivity index (χ4n) is 3.22. The first-order valence-electron chi connectivity index (χ1n) is 8.63. The topological polar surface area (TPSA) is 92.5 Å². The molecule has 27 heavy (non-hydrogen) atoms. The average Bonchev–Trinajstić information content (AvgIpc) is 2.73. The quantitative estimate of drug-likeness (QED) is 0.524. The van der Waals surface area contributed by atoms with Gasteiger partial charge in [0, 0.05) is 32.2 Å². The molecule has 8 heteroatoms. The first kappa shape index (κ1) is 16.9. The maximum absolute atomic E-state index is 12.7. The Kier molecular flexibility index (Phi) is 4.37. The Morgan fingerprint density at radius 3 is 2.37 bits per heavy atom. The van der Waals surface area contributed by atoms with Crippen LogP contribution < -0.4 is 4.90 Å². The predicted molar refractivity (Wildman–Crippen MR) is 101 cm³/mol. The highest BCUT2D eigenvalue weighted by atomic mass is 16.6. The molecule has 1 saturated heterocycles. The third-order valence-corrected chi connectivity index (χ3v) is 4.66. The van der Waals surface area contributed by atoms with E-state index in [1.165, 1.54) is 12.1 Å². The third kappa shape index (κ3) is 3.29. The summed E-state index contributed by atoms with van der Waals surface area (Å²) < 4.78 is 0. The Hall–Kier alpha value is -3.55. The number of para-hydroxylation sites is 3. The number of amides is 1. The molecule has 1 aliphatic rings. The maximum Gasteiger partial charge on any atom is 0.282 e. The van der Waals surface area contributed by atoms with E-state index in [1.54, 1.807) is 23.2 Å². The van der Waals surface area contributed by atoms with Gasteiger partial charge in [-0.1, -0.05) is 24.3 Å². The zero-order chi connectivity index (χ0) is 18.8. The second-order valence-corrected chi connectivity index (χ2v) is 6.27. The molecule has 1 amide bonds. The minimum atomic E-state index is -0.520. The van der Waals surface area contributed by atoms with Crippen molar-refractivity contribution in [2.24, 2.45) is 0 Å². The molecule has 0 N–H and O–H groups in total. The van der Waals surface area contributed by atoms with Gasteiger partial charge < -0.3 is 9.80 Å². The van der Waals surface area contributed by atoms with Crippen molar-refractivity contribution >= 4 is 28.4 Å². The van der Waals surface area contributed by atoms with Crippen molar-refractivity contribution < 1.29 is 9.72 Å². The lowest BCUT2D eigenvalue weighted by atomic mass is 10.1. The van der Waals surface area contributed by atoms with Gasteiger partial charge in [0.25, 0.3) is 11.6 Å². The van der Waals surface area contributed by atoms with E-state index < -0.39 is 4.92 Å². The van der Waals surface area contributed by atoms with E-state index in [0.29, 0.717) is 26.2 Å². The highest BCUT2D eigenvalue weighted by Crippen LogP contribution is 2.22. The molecule has 1 fully saturated rings. The number of nitrogens with zero attached hydrogens (tertiary/aromatic N) is 5. The average molecular weight is 363 g/mol. The highest BCUT2D eigenvalue weighted by molar-refractivity contribution is 5.98. The number of carbonyl (C=O) groups excluding carboxylic acids is 1. The number of aromatic nitrogens is 2. The maximum atomic E-state index is 12.7. The van der Waals surface area contributed by atoms with Gasteiger partial charge in [-0.25, -0.2) is 4.98 Å². The standard InChI is InChI=1S/C19H17N5O3/c25-19(14-5-1-4-8-17(14)24(26)27)23-11-9-22(10-12-23)18-13-20-15-6-2-3-7-16(15)21-18/h1-8,13H,9-12H2. The van der Waals surface area contributed by atoms with Gasteiger partial charge in [-0.15, -0.1) is 0 Å². The second-order valence-electron chi connectivity index (χ2n) is 6.27. The molecule has 4 rings (SSSR count). The number of piperazine rings is 1. The molecular formula is C19H17N5O3. The lowest BCUT2D eigenvalue weighted by Gasteiger charge is -2.35. The van der Waals surface area contributed by atoms with Gasteiger partial charge in [-0.3, -0.25) is 19.9 Å². The van der Waals surface area contributed by atoms with Crippen molar-refractivity contribution in [1.29, 1.82) is 0 Å². The number of hydrogen-bond donors (Lipinski definition) is 0. The molecule has 0 aliphatic carbocycles. The number of benzene rings is 2. The van der Waals surface area contributed by atoms with Crippen molar-refractivity contribution in [2.75, 3.05) is 31.1 Å². The second kappa shape index (κ2) is 6.99. The molecule has 1 aromatic heterocycles. The molecule has 0 atom stereocenters. The molecule has 0 bridgehead atoms. The molecule has 2 heterocycles. The van der Waals surface area contributed by atoms with Gasteiger partial charge in [-0.05, 0) is 18.2 Å². The smallest absolute Gasteiger partial charge is 0.282 e. The number of hydrogen-bond acceptors (Lipinski definition) is 6. The van der Waals surface area contributed by atoms with Crippen LogP contribution in [0.3, 0.4) is 0 Å². The molecule has 0 spiro atoms. The summed E-state index contributed by atoms with van der Waals surface area (Å²) in [6.07, 6.45) is 1.74. The molecular weight excluding hydrogens is 346 g/mol. The van der Waals surface area contributed by atoms with Gasteiger partial charge in [0.15, 0.2) is 0 Å². The molecule has 0 unspecified atom stereocenters. The Morgan fingerprint density at radius 1 is 0.963 bits per heavy atom. The summed E-state index contributed by atoms with van der Waals surface area (Å²) in [4.78, 5) is 36.1. The van der Waals surface area contributed by atoms with E-state index in [4.69, 9.17) is 0 Å². The summed E-state index contributed by atoms with van der Waals surface area (Å²) in [5, 5.41) is 11.2. The minimum absolute atomic E-state index is 0.126. The molecule has 136 valence electrons. The van der Waals surface area contributed by atoms with Crippen LogP contribution in [-0.4, -0.2) is 51.9 Å². The van der Waals surface area contributed by atoms with Gasteiger partial charge in [0.1, 0.15) is 11.4 Å². The van der Waals surface area contributed by atoms with E-state index >= 15 is 0 Å². The van der Waals surface area contributed by atoms with E-state index in [1.807, 2.05) is 24.3 Å². The number of anilines is 1. The van der Waals surface area contributed by atoms with Gasteiger partial charge in [-0.2, -0.15) is 0 Å². The zero-order valence-corrected chi connectivity index (χ0v) is 14.5. The summed E-state index contributed by atoms with van der Waals surface area (Å²) in [5.74, 6) is 0.457. The summed E-state index contributed by atoms with van der Waals surface area (Å²) in [6.45, 7) is 2.14. The zero-order valence-electron chi connectivity index (χ0n) is 14.5. The minimum Gasteiger partial charge on any atom is -0.352 e. The molecule has 8 nitrogen and oxygen atoms in total. The Morgan fingerprint density at radius 2 is 1.63 bits per heavy atom.